The first-order valence-electron chi connectivity index (χ1n) is 3.76. The molecule has 0 heterocycles. The Morgan fingerprint density at radius 2 is 1.86 bits per heavy atom. The van der Waals surface area contributed by atoms with Gasteiger partial charge in [-0.2, -0.15) is 13.2 Å². The average molecular weight is 204 g/mol. The molecule has 2 nitrogen and oxygen atoms in total. The Morgan fingerprint density at radius 3 is 2.36 bits per heavy atom. The molecule has 0 N–H and O–H groups in total. The van der Waals surface area contributed by atoms with Crippen molar-refractivity contribution in [2.45, 2.75) is 13.1 Å². The molecule has 0 atom stereocenters. The Morgan fingerprint density at radius 1 is 1.29 bits per heavy atom. The van der Waals surface area contributed by atoms with Crippen LogP contribution in [0.2, 0.25) is 0 Å². The minimum Gasteiger partial charge on any atom is -0.420 e. The predicted molar refractivity (Wildman–Crippen MR) is 42.9 cm³/mol. The van der Waals surface area contributed by atoms with Crippen LogP contribution in [-0.2, 0) is 4.79 Å². The first-order chi connectivity index (χ1) is 6.41. The number of alkyl halides is 3. The second-order valence-corrected chi connectivity index (χ2v) is 2.65. The van der Waals surface area contributed by atoms with Crippen LogP contribution in [0.4, 0.5) is 13.2 Å². The summed E-state index contributed by atoms with van der Waals surface area (Å²) >= 11 is 0. The zero-order chi connectivity index (χ0) is 10.8. The summed E-state index contributed by atoms with van der Waals surface area (Å²) in [5, 5.41) is 0. The van der Waals surface area contributed by atoms with Crippen LogP contribution >= 0.6 is 0 Å². The third-order valence-corrected chi connectivity index (χ3v) is 1.53. The van der Waals surface area contributed by atoms with Gasteiger partial charge in [-0.1, -0.05) is 18.2 Å². The fourth-order valence-corrected chi connectivity index (χ4v) is 0.829. The van der Waals surface area contributed by atoms with E-state index in [4.69, 9.17) is 0 Å². The summed E-state index contributed by atoms with van der Waals surface area (Å²) in [6.45, 7) is 1.55. The average Bonchev–Trinajstić information content (AvgIpc) is 2.07. The minimum absolute atomic E-state index is 0.0742. The maximum atomic E-state index is 11.8. The summed E-state index contributed by atoms with van der Waals surface area (Å²) in [4.78, 5) is 10.4. The molecule has 0 aliphatic heterocycles. The summed E-state index contributed by atoms with van der Waals surface area (Å²) in [6.07, 6.45) is -4.96. The lowest BCUT2D eigenvalue weighted by Crippen LogP contribution is -2.28. The van der Waals surface area contributed by atoms with Gasteiger partial charge in [0.25, 0.3) is 0 Å². The molecule has 5 heteroatoms. The molecular formula is C9H7F3O2. The molecule has 0 spiro atoms. The monoisotopic (exact) mass is 204 g/mol. The highest BCUT2D eigenvalue weighted by atomic mass is 19.4. The lowest BCUT2D eigenvalue weighted by Gasteiger charge is -2.08. The smallest absolute Gasteiger partial charge is 0.420 e. The van der Waals surface area contributed by atoms with E-state index < -0.39 is 12.1 Å². The molecule has 76 valence electrons. The van der Waals surface area contributed by atoms with Gasteiger partial charge in [-0.3, -0.25) is 0 Å². The number of hydrogen-bond donors (Lipinski definition) is 0. The van der Waals surface area contributed by atoms with Crippen molar-refractivity contribution in [3.63, 3.8) is 0 Å². The lowest BCUT2D eigenvalue weighted by atomic mass is 10.2. The van der Waals surface area contributed by atoms with Crippen LogP contribution in [0.15, 0.2) is 24.3 Å². The predicted octanol–water partition coefficient (Wildman–Crippen LogP) is 2.46. The fourth-order valence-electron chi connectivity index (χ4n) is 0.829. The molecule has 0 saturated carbocycles. The van der Waals surface area contributed by atoms with E-state index in [0.717, 1.165) is 0 Å². The number of benzene rings is 1. The second-order valence-electron chi connectivity index (χ2n) is 2.65. The molecule has 0 fully saturated rings. The third-order valence-electron chi connectivity index (χ3n) is 1.53. The summed E-state index contributed by atoms with van der Waals surface area (Å²) in [7, 11) is 0. The molecule has 0 saturated heterocycles. The molecule has 1 aromatic carbocycles. The van der Waals surface area contributed by atoms with Gasteiger partial charge in [0.05, 0.1) is 0 Å². The van der Waals surface area contributed by atoms with Crippen molar-refractivity contribution < 1.29 is 22.7 Å². The number of carbonyl (C=O) groups is 1. The molecule has 1 rings (SSSR count). The largest absolute Gasteiger partial charge is 0.491 e. The SMILES string of the molecule is Cc1ccccc1OC(=O)C(F)(F)F. The summed E-state index contributed by atoms with van der Waals surface area (Å²) in [5.74, 6) is -2.28. The minimum atomic E-state index is -4.96. The Hall–Kier alpha value is -1.52. The molecule has 0 aromatic heterocycles. The van der Waals surface area contributed by atoms with Gasteiger partial charge in [0.2, 0.25) is 0 Å². The Balaban J connectivity index is 2.80. The van der Waals surface area contributed by atoms with E-state index in [9.17, 15) is 18.0 Å². The van der Waals surface area contributed by atoms with Crippen LogP contribution < -0.4 is 4.74 Å². The fraction of sp³-hybridized carbons (Fsp3) is 0.222. The van der Waals surface area contributed by atoms with Gasteiger partial charge in [-0.15, -0.1) is 0 Å². The number of carbonyl (C=O) groups excluding carboxylic acids is 1. The highest BCUT2D eigenvalue weighted by molar-refractivity contribution is 5.78. The summed E-state index contributed by atoms with van der Waals surface area (Å²) < 4.78 is 39.5. The quantitative estimate of drug-likeness (QED) is 0.518. The van der Waals surface area contributed by atoms with E-state index in [1.54, 1.807) is 19.1 Å². The van der Waals surface area contributed by atoms with Crippen molar-refractivity contribution in [2.24, 2.45) is 0 Å². The molecule has 0 bridgehead atoms. The third kappa shape index (κ3) is 2.48. The number of hydrogen-bond acceptors (Lipinski definition) is 2. The number of halogens is 3. The Labute approximate surface area is 78.3 Å². The first kappa shape index (κ1) is 10.6. The van der Waals surface area contributed by atoms with Gasteiger partial charge < -0.3 is 4.74 Å². The molecular weight excluding hydrogens is 197 g/mol. The van der Waals surface area contributed by atoms with Crippen molar-refractivity contribution in [1.29, 1.82) is 0 Å². The van der Waals surface area contributed by atoms with Crippen LogP contribution in [0.5, 0.6) is 5.75 Å². The van der Waals surface area contributed by atoms with Gasteiger partial charge in [-0.25, -0.2) is 4.79 Å². The normalized spacial score (nSPS) is 11.1. The van der Waals surface area contributed by atoms with Crippen molar-refractivity contribution in [3.05, 3.63) is 29.8 Å². The van der Waals surface area contributed by atoms with Crippen molar-refractivity contribution >= 4 is 5.97 Å². The molecule has 14 heavy (non-hydrogen) atoms. The van der Waals surface area contributed by atoms with Crippen LogP contribution in [0.25, 0.3) is 0 Å². The molecule has 0 radical (unpaired) electrons. The Bertz CT molecular complexity index is 344. The molecule has 1 aromatic rings. The van der Waals surface area contributed by atoms with E-state index in [1.165, 1.54) is 12.1 Å². The van der Waals surface area contributed by atoms with Crippen LogP contribution in [0.3, 0.4) is 0 Å². The maximum absolute atomic E-state index is 11.8. The van der Waals surface area contributed by atoms with Gasteiger partial charge in [0.1, 0.15) is 5.75 Å². The highest BCUT2D eigenvalue weighted by Crippen LogP contribution is 2.22. The van der Waals surface area contributed by atoms with Gasteiger partial charge in [0.15, 0.2) is 0 Å². The topological polar surface area (TPSA) is 26.3 Å². The van der Waals surface area contributed by atoms with Gasteiger partial charge in [0, 0.05) is 0 Å². The number of esters is 1. The molecule has 0 unspecified atom stereocenters. The van der Waals surface area contributed by atoms with Gasteiger partial charge >= 0.3 is 12.1 Å². The van der Waals surface area contributed by atoms with E-state index in [-0.39, 0.29) is 5.75 Å². The van der Waals surface area contributed by atoms with Crippen LogP contribution in [0.1, 0.15) is 5.56 Å². The number of rotatable bonds is 1. The van der Waals surface area contributed by atoms with E-state index in [2.05, 4.69) is 4.74 Å². The Kier molecular flexibility index (Phi) is 2.78. The van der Waals surface area contributed by atoms with Crippen LogP contribution in [0, 0.1) is 6.92 Å². The van der Waals surface area contributed by atoms with E-state index in [0.29, 0.717) is 5.56 Å². The number of ether oxygens (including phenoxy) is 1. The standard InChI is InChI=1S/C9H7F3O2/c1-6-4-2-3-5-7(6)14-8(13)9(10,11)12/h2-5H,1H3. The molecule has 0 amide bonds. The molecule has 0 aliphatic rings. The van der Waals surface area contributed by atoms with E-state index >= 15 is 0 Å². The van der Waals surface area contributed by atoms with Crippen molar-refractivity contribution in [1.82, 2.24) is 0 Å². The van der Waals surface area contributed by atoms with Crippen LogP contribution in [-0.4, -0.2) is 12.1 Å². The van der Waals surface area contributed by atoms with E-state index in [1.807, 2.05) is 0 Å². The highest BCUT2D eigenvalue weighted by Gasteiger charge is 2.41. The summed E-state index contributed by atoms with van der Waals surface area (Å²) in [6, 6.07) is 5.99. The summed E-state index contributed by atoms with van der Waals surface area (Å²) in [5.41, 5.74) is 0.477. The maximum Gasteiger partial charge on any atom is 0.491 e. The number of para-hydroxylation sites is 1. The van der Waals surface area contributed by atoms with Gasteiger partial charge in [-0.05, 0) is 18.6 Å². The zero-order valence-electron chi connectivity index (χ0n) is 7.26. The lowest BCUT2D eigenvalue weighted by molar-refractivity contribution is -0.189. The number of aryl methyl sites for hydroxylation is 1. The van der Waals surface area contributed by atoms with Crippen molar-refractivity contribution in [2.75, 3.05) is 0 Å². The first-order valence-corrected chi connectivity index (χ1v) is 3.76. The zero-order valence-corrected chi connectivity index (χ0v) is 7.26. The second kappa shape index (κ2) is 3.69. The van der Waals surface area contributed by atoms with Crippen molar-refractivity contribution in [3.8, 4) is 5.75 Å². The molecule has 0 aliphatic carbocycles.